The molecular formula is C17H21NO6S. The van der Waals surface area contributed by atoms with Gasteiger partial charge in [0.25, 0.3) is 5.91 Å². The van der Waals surface area contributed by atoms with Gasteiger partial charge in [0.2, 0.25) is 0 Å². The summed E-state index contributed by atoms with van der Waals surface area (Å²) in [5, 5.41) is 9.91. The molecule has 3 rings (SSSR count). The first-order valence-electron chi connectivity index (χ1n) is 8.26. The molecule has 1 amide bonds. The van der Waals surface area contributed by atoms with Crippen LogP contribution in [0, 0.1) is 6.92 Å². The number of carbonyl (C=O) groups excluding carboxylic acids is 2. The highest BCUT2D eigenvalue weighted by molar-refractivity contribution is 7.91. The van der Waals surface area contributed by atoms with Gasteiger partial charge >= 0.3 is 5.97 Å². The van der Waals surface area contributed by atoms with Crippen molar-refractivity contribution in [3.8, 4) is 5.75 Å². The van der Waals surface area contributed by atoms with Crippen molar-refractivity contribution in [1.82, 2.24) is 4.90 Å². The number of benzene rings is 1. The summed E-state index contributed by atoms with van der Waals surface area (Å²) in [5.74, 6) is -1.26. The van der Waals surface area contributed by atoms with Crippen molar-refractivity contribution in [2.24, 2.45) is 0 Å². The number of ether oxygens (including phenoxy) is 1. The van der Waals surface area contributed by atoms with Gasteiger partial charge in [0.15, 0.2) is 16.4 Å². The Morgan fingerprint density at radius 3 is 2.56 bits per heavy atom. The highest BCUT2D eigenvalue weighted by atomic mass is 32.2. The third-order valence-electron chi connectivity index (χ3n) is 4.61. The average Bonchev–Trinajstić information content (AvgIpc) is 3.31. The molecule has 1 aliphatic carbocycles. The van der Waals surface area contributed by atoms with Crippen LogP contribution in [0.5, 0.6) is 5.75 Å². The van der Waals surface area contributed by atoms with Gasteiger partial charge in [-0.05, 0) is 37.8 Å². The Kier molecular flexibility index (Phi) is 4.73. The zero-order chi connectivity index (χ0) is 18.2. The summed E-state index contributed by atoms with van der Waals surface area (Å²) >= 11 is 0. The fraction of sp³-hybridized carbons (Fsp3) is 0.529. The van der Waals surface area contributed by atoms with E-state index in [1.54, 1.807) is 24.0 Å². The van der Waals surface area contributed by atoms with Gasteiger partial charge in [-0.3, -0.25) is 4.79 Å². The lowest BCUT2D eigenvalue weighted by atomic mass is 10.1. The smallest absolute Gasteiger partial charge is 0.342 e. The van der Waals surface area contributed by atoms with Crippen LogP contribution < -0.4 is 0 Å². The zero-order valence-electron chi connectivity index (χ0n) is 14.0. The molecule has 25 heavy (non-hydrogen) atoms. The Morgan fingerprint density at radius 1 is 1.24 bits per heavy atom. The zero-order valence-corrected chi connectivity index (χ0v) is 14.8. The van der Waals surface area contributed by atoms with Crippen molar-refractivity contribution in [1.29, 1.82) is 0 Å². The third kappa shape index (κ3) is 3.95. The predicted molar refractivity (Wildman–Crippen MR) is 90.1 cm³/mol. The average molecular weight is 367 g/mol. The van der Waals surface area contributed by atoms with E-state index in [4.69, 9.17) is 4.74 Å². The van der Waals surface area contributed by atoms with Gasteiger partial charge in [-0.1, -0.05) is 12.1 Å². The van der Waals surface area contributed by atoms with E-state index in [0.717, 1.165) is 12.8 Å². The van der Waals surface area contributed by atoms with Crippen LogP contribution in [0.4, 0.5) is 0 Å². The van der Waals surface area contributed by atoms with Crippen molar-refractivity contribution < 1.29 is 27.9 Å². The first-order chi connectivity index (χ1) is 11.8. The van der Waals surface area contributed by atoms with Crippen LogP contribution in [0.1, 0.15) is 35.2 Å². The first kappa shape index (κ1) is 17.7. The van der Waals surface area contributed by atoms with Crippen molar-refractivity contribution >= 4 is 21.7 Å². The second kappa shape index (κ2) is 6.67. The number of phenolic OH excluding ortho intramolecular Hbond substituents is 1. The van der Waals surface area contributed by atoms with Crippen molar-refractivity contribution in [3.63, 3.8) is 0 Å². The molecule has 1 N–H and O–H groups in total. The van der Waals surface area contributed by atoms with Crippen LogP contribution in [0.2, 0.25) is 0 Å². The van der Waals surface area contributed by atoms with Crippen molar-refractivity contribution in [3.05, 3.63) is 29.3 Å². The van der Waals surface area contributed by atoms with Crippen LogP contribution in [0.3, 0.4) is 0 Å². The third-order valence-corrected chi connectivity index (χ3v) is 6.36. The number of para-hydroxylation sites is 1. The maximum Gasteiger partial charge on any atom is 0.342 e. The molecule has 0 unspecified atom stereocenters. The van der Waals surface area contributed by atoms with Gasteiger partial charge in [0.1, 0.15) is 11.3 Å². The minimum Gasteiger partial charge on any atom is -0.507 e. The van der Waals surface area contributed by atoms with Crippen LogP contribution in [-0.4, -0.2) is 60.5 Å². The van der Waals surface area contributed by atoms with E-state index < -0.39 is 22.4 Å². The molecule has 1 aromatic carbocycles. The number of amides is 1. The van der Waals surface area contributed by atoms with Gasteiger partial charge in [-0.15, -0.1) is 0 Å². The Bertz CT molecular complexity index is 799. The summed E-state index contributed by atoms with van der Waals surface area (Å²) in [6, 6.07) is 4.41. The molecule has 8 heteroatoms. The number of aromatic hydroxyl groups is 1. The molecule has 1 aromatic rings. The quantitative estimate of drug-likeness (QED) is 0.780. The molecular weight excluding hydrogens is 346 g/mol. The predicted octanol–water partition coefficient (Wildman–Crippen LogP) is 1.04. The standard InChI is InChI=1S/C17H21NO6S/c1-11-3-2-4-14(16(11)20)17(21)24-9-15(19)18(12-5-6-12)13-7-8-25(22,23)10-13/h2-4,12-13,20H,5-10H2,1H3/t13-/m1/s1. The molecule has 1 atom stereocenters. The van der Waals surface area contributed by atoms with E-state index in [0.29, 0.717) is 12.0 Å². The van der Waals surface area contributed by atoms with Crippen molar-refractivity contribution in [2.75, 3.05) is 18.1 Å². The number of phenols is 1. The topological polar surface area (TPSA) is 101 Å². The summed E-state index contributed by atoms with van der Waals surface area (Å²) in [6.45, 7) is 1.20. The monoisotopic (exact) mass is 367 g/mol. The van der Waals surface area contributed by atoms with Gasteiger partial charge in [-0.25, -0.2) is 13.2 Å². The molecule has 2 aliphatic rings. The van der Waals surface area contributed by atoms with Gasteiger partial charge in [0, 0.05) is 12.1 Å². The van der Waals surface area contributed by atoms with Crippen molar-refractivity contribution in [2.45, 2.75) is 38.3 Å². The maximum atomic E-state index is 12.5. The highest BCUT2D eigenvalue weighted by Gasteiger charge is 2.42. The Labute approximate surface area is 146 Å². The highest BCUT2D eigenvalue weighted by Crippen LogP contribution is 2.32. The van der Waals surface area contributed by atoms with E-state index in [9.17, 15) is 23.1 Å². The van der Waals surface area contributed by atoms with E-state index in [1.165, 1.54) is 6.07 Å². The minimum atomic E-state index is -3.10. The molecule has 0 radical (unpaired) electrons. The fourth-order valence-electron chi connectivity index (χ4n) is 3.16. The largest absolute Gasteiger partial charge is 0.507 e. The summed E-state index contributed by atoms with van der Waals surface area (Å²) in [4.78, 5) is 26.2. The molecule has 0 spiro atoms. The number of hydrogen-bond donors (Lipinski definition) is 1. The number of aryl methyl sites for hydroxylation is 1. The second-order valence-electron chi connectivity index (χ2n) is 6.64. The molecule has 7 nitrogen and oxygen atoms in total. The lowest BCUT2D eigenvalue weighted by molar-refractivity contribution is -0.137. The van der Waals surface area contributed by atoms with E-state index in [1.807, 2.05) is 0 Å². The molecule has 1 saturated carbocycles. The molecule has 0 aromatic heterocycles. The SMILES string of the molecule is Cc1cccc(C(=O)OCC(=O)N(C2CC2)[C@@H]2CCS(=O)(=O)C2)c1O. The summed E-state index contributed by atoms with van der Waals surface area (Å²) in [7, 11) is -3.10. The number of rotatable bonds is 5. The second-order valence-corrected chi connectivity index (χ2v) is 8.86. The van der Waals surface area contributed by atoms with Gasteiger partial charge in [-0.2, -0.15) is 0 Å². The lowest BCUT2D eigenvalue weighted by Gasteiger charge is -2.28. The fourth-order valence-corrected chi connectivity index (χ4v) is 4.87. The lowest BCUT2D eigenvalue weighted by Crippen LogP contribution is -2.44. The first-order valence-corrected chi connectivity index (χ1v) is 10.1. The Hall–Kier alpha value is -2.09. The van der Waals surface area contributed by atoms with Crippen LogP contribution >= 0.6 is 0 Å². The van der Waals surface area contributed by atoms with Crippen LogP contribution in [-0.2, 0) is 19.4 Å². The van der Waals surface area contributed by atoms with E-state index in [2.05, 4.69) is 0 Å². The van der Waals surface area contributed by atoms with Gasteiger partial charge < -0.3 is 14.7 Å². The number of sulfone groups is 1. The Morgan fingerprint density at radius 2 is 1.96 bits per heavy atom. The molecule has 1 heterocycles. The minimum absolute atomic E-state index is 0.00853. The Balaban J connectivity index is 1.64. The number of carbonyl (C=O) groups is 2. The number of esters is 1. The number of hydrogen-bond acceptors (Lipinski definition) is 6. The summed E-state index contributed by atoms with van der Waals surface area (Å²) in [5.41, 5.74) is 0.547. The van der Waals surface area contributed by atoms with E-state index in [-0.39, 0.29) is 40.8 Å². The van der Waals surface area contributed by atoms with Gasteiger partial charge in [0.05, 0.1) is 11.5 Å². The summed E-state index contributed by atoms with van der Waals surface area (Å²) < 4.78 is 28.4. The normalized spacial score (nSPS) is 21.7. The molecule has 1 aliphatic heterocycles. The summed E-state index contributed by atoms with van der Waals surface area (Å²) in [6.07, 6.45) is 2.11. The maximum absolute atomic E-state index is 12.5. The van der Waals surface area contributed by atoms with E-state index >= 15 is 0 Å². The van der Waals surface area contributed by atoms with Crippen LogP contribution in [0.25, 0.3) is 0 Å². The van der Waals surface area contributed by atoms with Crippen LogP contribution in [0.15, 0.2) is 18.2 Å². The number of nitrogens with zero attached hydrogens (tertiary/aromatic N) is 1. The molecule has 1 saturated heterocycles. The molecule has 136 valence electrons. The molecule has 0 bridgehead atoms. The molecule has 2 fully saturated rings.